The number of rotatable bonds is 5. The number of hydrogen-bond donors (Lipinski definition) is 1. The fraction of sp³-hybridized carbons (Fsp3) is 0.435. The number of carbonyl (C=O) groups excluding carboxylic acids is 2. The Morgan fingerprint density at radius 1 is 1.07 bits per heavy atom. The van der Waals surface area contributed by atoms with E-state index in [0.29, 0.717) is 13.1 Å². The van der Waals surface area contributed by atoms with Gasteiger partial charge in [0.15, 0.2) is 0 Å². The van der Waals surface area contributed by atoms with Crippen LogP contribution >= 0.6 is 0 Å². The zero-order valence-corrected chi connectivity index (χ0v) is 16.3. The summed E-state index contributed by atoms with van der Waals surface area (Å²) in [5.74, 6) is 0.228. The van der Waals surface area contributed by atoms with Gasteiger partial charge in [-0.15, -0.1) is 0 Å². The number of benzene rings is 1. The molecule has 5 heteroatoms. The number of amides is 2. The van der Waals surface area contributed by atoms with Gasteiger partial charge in [-0.05, 0) is 50.3 Å². The van der Waals surface area contributed by atoms with Crippen LogP contribution in [0.4, 0.5) is 0 Å². The Balaban J connectivity index is 1.45. The van der Waals surface area contributed by atoms with Gasteiger partial charge in [0.05, 0.1) is 24.2 Å². The summed E-state index contributed by atoms with van der Waals surface area (Å²) in [4.78, 5) is 31.9. The highest BCUT2D eigenvalue weighted by atomic mass is 16.2. The lowest BCUT2D eigenvalue weighted by atomic mass is 9.87. The van der Waals surface area contributed by atoms with Crippen molar-refractivity contribution in [3.8, 4) is 0 Å². The van der Waals surface area contributed by atoms with Gasteiger partial charge >= 0.3 is 0 Å². The molecule has 5 nitrogen and oxygen atoms in total. The topological polar surface area (TPSA) is 62.3 Å². The molecule has 146 valence electrons. The largest absolute Gasteiger partial charge is 0.350 e. The number of carbonyl (C=O) groups is 2. The molecule has 2 fully saturated rings. The molecule has 1 aliphatic heterocycles. The van der Waals surface area contributed by atoms with Gasteiger partial charge in [-0.2, -0.15) is 0 Å². The van der Waals surface area contributed by atoms with Crippen LogP contribution in [0.15, 0.2) is 48.7 Å². The maximum Gasteiger partial charge on any atom is 0.226 e. The molecule has 1 saturated carbocycles. The maximum absolute atomic E-state index is 13.0. The lowest BCUT2D eigenvalue weighted by Gasteiger charge is -2.40. The smallest absolute Gasteiger partial charge is 0.226 e. The molecule has 2 atom stereocenters. The Morgan fingerprint density at radius 2 is 1.89 bits per heavy atom. The Labute approximate surface area is 166 Å². The first-order valence-electron chi connectivity index (χ1n) is 10.2. The van der Waals surface area contributed by atoms with Crippen LogP contribution in [0, 0.1) is 18.8 Å². The second-order valence-corrected chi connectivity index (χ2v) is 8.01. The highest BCUT2D eigenvalue weighted by molar-refractivity contribution is 5.84. The van der Waals surface area contributed by atoms with E-state index < -0.39 is 0 Å². The first-order chi connectivity index (χ1) is 13.6. The van der Waals surface area contributed by atoms with Gasteiger partial charge in [0.25, 0.3) is 0 Å². The van der Waals surface area contributed by atoms with Gasteiger partial charge in [-0.3, -0.25) is 14.6 Å². The second-order valence-electron chi connectivity index (χ2n) is 8.01. The van der Waals surface area contributed by atoms with Crippen molar-refractivity contribution in [3.05, 3.63) is 65.5 Å². The molecule has 2 amide bonds. The minimum Gasteiger partial charge on any atom is -0.350 e. The highest BCUT2D eigenvalue weighted by Gasteiger charge is 2.41. The van der Waals surface area contributed by atoms with Gasteiger partial charge in [0.2, 0.25) is 11.8 Å². The first kappa shape index (κ1) is 18.7. The maximum atomic E-state index is 13.0. The number of hydrogen-bond acceptors (Lipinski definition) is 3. The molecule has 4 rings (SSSR count). The lowest BCUT2D eigenvalue weighted by Crippen LogP contribution is -2.47. The van der Waals surface area contributed by atoms with E-state index in [1.165, 1.54) is 11.1 Å². The van der Waals surface area contributed by atoms with Crippen molar-refractivity contribution in [2.24, 2.45) is 11.8 Å². The van der Waals surface area contributed by atoms with E-state index in [1.54, 1.807) is 6.20 Å². The summed E-state index contributed by atoms with van der Waals surface area (Å²) in [5, 5.41) is 3.00. The van der Waals surface area contributed by atoms with Crippen LogP contribution in [0.5, 0.6) is 0 Å². The van der Waals surface area contributed by atoms with E-state index in [4.69, 9.17) is 0 Å². The number of aryl methyl sites for hydroxylation is 1. The summed E-state index contributed by atoms with van der Waals surface area (Å²) in [5.41, 5.74) is 3.23. The molecule has 1 aromatic heterocycles. The zero-order chi connectivity index (χ0) is 19.5. The molecule has 1 N–H and O–H groups in total. The average Bonchev–Trinajstić information content (AvgIpc) is 3.57. The van der Waals surface area contributed by atoms with Crippen LogP contribution in [0.3, 0.4) is 0 Å². The highest BCUT2D eigenvalue weighted by Crippen LogP contribution is 2.39. The molecule has 2 aliphatic rings. The SMILES string of the molecule is Cc1cccc([C@H]2CC[C@@H](C(=O)NCc3ccccn3)CN2C(=O)C2CC2)c1. The Kier molecular flexibility index (Phi) is 5.42. The molecule has 2 heterocycles. The number of nitrogens with zero attached hydrogens (tertiary/aromatic N) is 2. The van der Waals surface area contributed by atoms with E-state index in [-0.39, 0.29) is 29.7 Å². The average molecular weight is 377 g/mol. The molecule has 0 bridgehead atoms. The van der Waals surface area contributed by atoms with Gasteiger partial charge in [0, 0.05) is 18.7 Å². The normalized spacial score (nSPS) is 22.0. The third-order valence-electron chi connectivity index (χ3n) is 5.76. The molecule has 2 aromatic rings. The van der Waals surface area contributed by atoms with E-state index in [9.17, 15) is 9.59 Å². The minimum absolute atomic E-state index is 0.0157. The third-order valence-corrected chi connectivity index (χ3v) is 5.76. The fourth-order valence-corrected chi connectivity index (χ4v) is 4.04. The number of pyridine rings is 1. The molecule has 0 radical (unpaired) electrons. The molecule has 0 spiro atoms. The number of aromatic nitrogens is 1. The quantitative estimate of drug-likeness (QED) is 0.869. The molecular weight excluding hydrogens is 350 g/mol. The molecule has 1 saturated heterocycles. The van der Waals surface area contributed by atoms with E-state index >= 15 is 0 Å². The first-order valence-corrected chi connectivity index (χ1v) is 10.2. The summed E-state index contributed by atoms with van der Waals surface area (Å²) in [6.07, 6.45) is 5.30. The summed E-state index contributed by atoms with van der Waals surface area (Å²) >= 11 is 0. The van der Waals surface area contributed by atoms with E-state index in [1.807, 2.05) is 23.1 Å². The lowest BCUT2D eigenvalue weighted by molar-refractivity contribution is -0.140. The Bertz CT molecular complexity index is 848. The molecule has 0 unspecified atom stereocenters. The number of piperidine rings is 1. The predicted octanol–water partition coefficient (Wildman–Crippen LogP) is 3.40. The summed E-state index contributed by atoms with van der Waals surface area (Å²) in [6, 6.07) is 14.1. The van der Waals surface area contributed by atoms with Gasteiger partial charge < -0.3 is 10.2 Å². The van der Waals surface area contributed by atoms with Crippen LogP contribution < -0.4 is 5.32 Å². The van der Waals surface area contributed by atoms with Crippen molar-refractivity contribution >= 4 is 11.8 Å². The van der Waals surface area contributed by atoms with Gasteiger partial charge in [-0.1, -0.05) is 35.9 Å². The van der Waals surface area contributed by atoms with E-state index in [0.717, 1.165) is 31.4 Å². The van der Waals surface area contributed by atoms with Crippen LogP contribution in [0.25, 0.3) is 0 Å². The number of likely N-dealkylation sites (tertiary alicyclic amines) is 1. The van der Waals surface area contributed by atoms with Crippen LogP contribution in [-0.2, 0) is 16.1 Å². The second kappa shape index (κ2) is 8.13. The molecule has 1 aliphatic carbocycles. The summed E-state index contributed by atoms with van der Waals surface area (Å²) in [7, 11) is 0. The molecular formula is C23H27N3O2. The Hall–Kier alpha value is -2.69. The third kappa shape index (κ3) is 4.24. The van der Waals surface area contributed by atoms with Crippen LogP contribution in [-0.4, -0.2) is 28.2 Å². The van der Waals surface area contributed by atoms with Crippen molar-refractivity contribution < 1.29 is 9.59 Å². The summed E-state index contributed by atoms with van der Waals surface area (Å²) < 4.78 is 0. The fourth-order valence-electron chi connectivity index (χ4n) is 4.04. The van der Waals surface area contributed by atoms with Crippen molar-refractivity contribution in [2.75, 3.05) is 6.54 Å². The van der Waals surface area contributed by atoms with E-state index in [2.05, 4.69) is 41.5 Å². The Morgan fingerprint density at radius 3 is 2.61 bits per heavy atom. The monoisotopic (exact) mass is 377 g/mol. The van der Waals surface area contributed by atoms with Gasteiger partial charge in [-0.25, -0.2) is 0 Å². The molecule has 1 aromatic carbocycles. The van der Waals surface area contributed by atoms with Crippen LogP contribution in [0.1, 0.15) is 48.5 Å². The van der Waals surface area contributed by atoms with Crippen molar-refractivity contribution in [1.29, 1.82) is 0 Å². The predicted molar refractivity (Wildman–Crippen MR) is 107 cm³/mol. The van der Waals surface area contributed by atoms with Crippen molar-refractivity contribution in [1.82, 2.24) is 15.2 Å². The number of nitrogens with one attached hydrogen (secondary N) is 1. The zero-order valence-electron chi connectivity index (χ0n) is 16.3. The summed E-state index contributed by atoms with van der Waals surface area (Å²) in [6.45, 7) is 3.00. The molecule has 28 heavy (non-hydrogen) atoms. The van der Waals surface area contributed by atoms with Crippen LogP contribution in [0.2, 0.25) is 0 Å². The standard InChI is InChI=1S/C23H27N3O2/c1-16-5-4-6-18(13-16)21-11-10-19(15-26(21)23(28)17-8-9-17)22(27)25-14-20-7-2-3-12-24-20/h2-7,12-13,17,19,21H,8-11,14-15H2,1H3,(H,25,27)/t19-,21-/m1/s1. The minimum atomic E-state index is -0.160. The van der Waals surface area contributed by atoms with Crippen molar-refractivity contribution in [2.45, 2.75) is 45.2 Å². The van der Waals surface area contributed by atoms with Crippen molar-refractivity contribution in [3.63, 3.8) is 0 Å². The van der Waals surface area contributed by atoms with Gasteiger partial charge in [0.1, 0.15) is 0 Å².